The number of carbonyl (C=O) groups is 2. The van der Waals surface area contributed by atoms with Gasteiger partial charge in [-0.3, -0.25) is 19.5 Å². The summed E-state index contributed by atoms with van der Waals surface area (Å²) in [5, 5.41) is 5.58. The minimum atomic E-state index is -3.04. The number of aromatic nitrogens is 1. The number of nitrogens with zero attached hydrogens (tertiary/aromatic N) is 2. The minimum absolute atomic E-state index is 0.0464. The van der Waals surface area contributed by atoms with Crippen LogP contribution in [0.1, 0.15) is 22.0 Å². The standard InChI is InChI=1S/C20H24N4O4S/c25-19(17-7-4-8-21-15-17)22-9-10-23-20(26)18(16-5-2-1-3-6-16)24-11-13-29(27,28)14-12-24/h1-8,15,18H,9-14H2,(H,22,25)(H,23,26). The summed E-state index contributed by atoms with van der Waals surface area (Å²) in [5.74, 6) is -0.380. The van der Waals surface area contributed by atoms with E-state index in [1.165, 1.54) is 6.20 Å². The summed E-state index contributed by atoms with van der Waals surface area (Å²) >= 11 is 0. The van der Waals surface area contributed by atoms with E-state index in [9.17, 15) is 18.0 Å². The molecule has 1 saturated heterocycles. The molecular weight excluding hydrogens is 392 g/mol. The zero-order chi connectivity index (χ0) is 20.7. The highest BCUT2D eigenvalue weighted by Crippen LogP contribution is 2.23. The lowest BCUT2D eigenvalue weighted by Crippen LogP contribution is -2.48. The van der Waals surface area contributed by atoms with Gasteiger partial charge in [0.15, 0.2) is 9.84 Å². The summed E-state index contributed by atoms with van der Waals surface area (Å²) in [5.41, 5.74) is 1.26. The summed E-state index contributed by atoms with van der Waals surface area (Å²) in [4.78, 5) is 30.7. The monoisotopic (exact) mass is 416 g/mol. The van der Waals surface area contributed by atoms with Gasteiger partial charge in [0.2, 0.25) is 5.91 Å². The van der Waals surface area contributed by atoms with Crippen LogP contribution in [0.4, 0.5) is 0 Å². The van der Waals surface area contributed by atoms with Crippen molar-refractivity contribution < 1.29 is 18.0 Å². The van der Waals surface area contributed by atoms with E-state index in [0.29, 0.717) is 18.7 Å². The Hall–Kier alpha value is -2.78. The lowest BCUT2D eigenvalue weighted by Gasteiger charge is -2.33. The molecule has 29 heavy (non-hydrogen) atoms. The van der Waals surface area contributed by atoms with Crippen LogP contribution < -0.4 is 10.6 Å². The second kappa shape index (κ2) is 9.62. The van der Waals surface area contributed by atoms with Crippen molar-refractivity contribution in [1.82, 2.24) is 20.5 Å². The number of hydrogen-bond acceptors (Lipinski definition) is 6. The Morgan fingerprint density at radius 2 is 1.69 bits per heavy atom. The molecule has 1 aromatic heterocycles. The quantitative estimate of drug-likeness (QED) is 0.633. The molecule has 2 amide bonds. The molecule has 0 saturated carbocycles. The fourth-order valence-electron chi connectivity index (χ4n) is 3.21. The fourth-order valence-corrected chi connectivity index (χ4v) is 4.44. The molecule has 0 spiro atoms. The highest BCUT2D eigenvalue weighted by Gasteiger charge is 2.32. The van der Waals surface area contributed by atoms with Crippen LogP contribution in [0.3, 0.4) is 0 Å². The number of pyridine rings is 1. The molecule has 2 heterocycles. The van der Waals surface area contributed by atoms with Gasteiger partial charge in [-0.2, -0.15) is 0 Å². The van der Waals surface area contributed by atoms with Gasteiger partial charge in [-0.15, -0.1) is 0 Å². The minimum Gasteiger partial charge on any atom is -0.353 e. The first-order valence-electron chi connectivity index (χ1n) is 9.42. The van der Waals surface area contributed by atoms with Crippen LogP contribution in [0.5, 0.6) is 0 Å². The highest BCUT2D eigenvalue weighted by molar-refractivity contribution is 7.91. The lowest BCUT2D eigenvalue weighted by molar-refractivity contribution is -0.126. The molecule has 0 radical (unpaired) electrons. The Bertz CT molecular complexity index is 921. The molecule has 1 atom stereocenters. The third kappa shape index (κ3) is 5.85. The molecule has 154 valence electrons. The molecule has 2 aromatic rings. The molecule has 1 fully saturated rings. The number of hydrogen-bond donors (Lipinski definition) is 2. The number of benzene rings is 1. The third-order valence-electron chi connectivity index (χ3n) is 4.74. The average Bonchev–Trinajstić information content (AvgIpc) is 2.74. The molecule has 2 N–H and O–H groups in total. The van der Waals surface area contributed by atoms with Crippen LogP contribution in [0.25, 0.3) is 0 Å². The predicted octanol–water partition coefficient (Wildman–Crippen LogP) is 0.399. The highest BCUT2D eigenvalue weighted by atomic mass is 32.2. The predicted molar refractivity (Wildman–Crippen MR) is 109 cm³/mol. The maximum Gasteiger partial charge on any atom is 0.252 e. The van der Waals surface area contributed by atoms with E-state index in [-0.39, 0.29) is 36.4 Å². The molecule has 1 aliphatic heterocycles. The van der Waals surface area contributed by atoms with Crippen LogP contribution in [0.2, 0.25) is 0 Å². The van der Waals surface area contributed by atoms with E-state index in [1.54, 1.807) is 18.3 Å². The van der Waals surface area contributed by atoms with Crippen molar-refractivity contribution >= 4 is 21.7 Å². The van der Waals surface area contributed by atoms with Crippen LogP contribution in [-0.2, 0) is 14.6 Å². The van der Waals surface area contributed by atoms with Crippen LogP contribution in [0.15, 0.2) is 54.9 Å². The fraction of sp³-hybridized carbons (Fsp3) is 0.350. The Kier molecular flexibility index (Phi) is 6.95. The van der Waals surface area contributed by atoms with E-state index in [1.807, 2.05) is 35.2 Å². The third-order valence-corrected chi connectivity index (χ3v) is 6.35. The number of amides is 2. The van der Waals surface area contributed by atoms with Crippen LogP contribution >= 0.6 is 0 Å². The van der Waals surface area contributed by atoms with Crippen molar-refractivity contribution in [2.24, 2.45) is 0 Å². The van der Waals surface area contributed by atoms with E-state index < -0.39 is 15.9 Å². The zero-order valence-corrected chi connectivity index (χ0v) is 16.8. The number of carbonyl (C=O) groups excluding carboxylic acids is 2. The second-order valence-corrected chi connectivity index (χ2v) is 9.09. The summed E-state index contributed by atoms with van der Waals surface area (Å²) in [6.07, 6.45) is 3.07. The maximum atomic E-state index is 12.9. The SMILES string of the molecule is O=C(NCCNC(=O)C(c1ccccc1)N1CCS(=O)(=O)CC1)c1cccnc1. The molecule has 1 aliphatic rings. The van der Waals surface area contributed by atoms with Gasteiger partial charge in [0, 0.05) is 38.6 Å². The first kappa shape index (κ1) is 20.9. The van der Waals surface area contributed by atoms with Gasteiger partial charge in [-0.25, -0.2) is 8.42 Å². The van der Waals surface area contributed by atoms with Crippen LogP contribution in [0, 0.1) is 0 Å². The van der Waals surface area contributed by atoms with Gasteiger partial charge in [0.1, 0.15) is 6.04 Å². The first-order valence-corrected chi connectivity index (χ1v) is 11.2. The van der Waals surface area contributed by atoms with Crippen molar-refractivity contribution in [3.8, 4) is 0 Å². The molecular formula is C20H24N4O4S. The summed E-state index contributed by atoms with van der Waals surface area (Å²) in [6.45, 7) is 1.16. The Morgan fingerprint density at radius 1 is 1.00 bits per heavy atom. The van der Waals surface area contributed by atoms with Crippen molar-refractivity contribution in [1.29, 1.82) is 0 Å². The van der Waals surface area contributed by atoms with E-state index in [0.717, 1.165) is 5.56 Å². The normalized spacial score (nSPS) is 17.2. The smallest absolute Gasteiger partial charge is 0.252 e. The number of nitrogens with one attached hydrogen (secondary N) is 2. The second-order valence-electron chi connectivity index (χ2n) is 6.79. The molecule has 0 aliphatic carbocycles. The van der Waals surface area contributed by atoms with Crippen molar-refractivity contribution in [3.63, 3.8) is 0 Å². The molecule has 1 unspecified atom stereocenters. The Labute approximate surface area is 170 Å². The van der Waals surface area contributed by atoms with Gasteiger partial charge < -0.3 is 10.6 Å². The molecule has 0 bridgehead atoms. The first-order chi connectivity index (χ1) is 14.0. The van der Waals surface area contributed by atoms with Gasteiger partial charge >= 0.3 is 0 Å². The maximum absolute atomic E-state index is 12.9. The van der Waals surface area contributed by atoms with Gasteiger partial charge in [-0.1, -0.05) is 30.3 Å². The van der Waals surface area contributed by atoms with Gasteiger partial charge in [-0.05, 0) is 17.7 Å². The molecule has 9 heteroatoms. The molecule has 1 aromatic carbocycles. The number of rotatable bonds is 7. The molecule has 8 nitrogen and oxygen atoms in total. The Balaban J connectivity index is 1.58. The summed E-state index contributed by atoms with van der Waals surface area (Å²) in [6, 6.07) is 12.1. The average molecular weight is 417 g/mol. The van der Waals surface area contributed by atoms with E-state index in [2.05, 4.69) is 15.6 Å². The van der Waals surface area contributed by atoms with Crippen molar-refractivity contribution in [2.45, 2.75) is 6.04 Å². The number of sulfone groups is 1. The largest absolute Gasteiger partial charge is 0.353 e. The van der Waals surface area contributed by atoms with Crippen LogP contribution in [-0.4, -0.2) is 67.8 Å². The molecule has 3 rings (SSSR count). The Morgan fingerprint density at radius 3 is 2.34 bits per heavy atom. The van der Waals surface area contributed by atoms with E-state index >= 15 is 0 Å². The van der Waals surface area contributed by atoms with Gasteiger partial charge in [0.25, 0.3) is 5.91 Å². The van der Waals surface area contributed by atoms with Gasteiger partial charge in [0.05, 0.1) is 17.1 Å². The van der Waals surface area contributed by atoms with Crippen molar-refractivity contribution in [2.75, 3.05) is 37.7 Å². The van der Waals surface area contributed by atoms with E-state index in [4.69, 9.17) is 0 Å². The van der Waals surface area contributed by atoms with Crippen molar-refractivity contribution in [3.05, 3.63) is 66.0 Å². The lowest BCUT2D eigenvalue weighted by atomic mass is 10.0. The zero-order valence-electron chi connectivity index (χ0n) is 16.0. The topological polar surface area (TPSA) is 108 Å². The summed E-state index contributed by atoms with van der Waals surface area (Å²) in [7, 11) is -3.04. The summed E-state index contributed by atoms with van der Waals surface area (Å²) < 4.78 is 23.5.